The van der Waals surface area contributed by atoms with Crippen LogP contribution in [0.2, 0.25) is 0 Å². The van der Waals surface area contributed by atoms with E-state index in [-0.39, 0.29) is 5.78 Å². The van der Waals surface area contributed by atoms with Gasteiger partial charge in [-0.1, -0.05) is 0 Å². The van der Waals surface area contributed by atoms with E-state index in [1.807, 2.05) is 27.0 Å². The fourth-order valence-corrected chi connectivity index (χ4v) is 2.28. The van der Waals surface area contributed by atoms with Crippen molar-refractivity contribution < 1.29 is 4.79 Å². The van der Waals surface area contributed by atoms with Crippen molar-refractivity contribution in [2.75, 3.05) is 0 Å². The Balaban J connectivity index is 2.27. The van der Waals surface area contributed by atoms with Gasteiger partial charge in [0.15, 0.2) is 5.78 Å². The molecule has 0 fully saturated rings. The van der Waals surface area contributed by atoms with E-state index in [1.54, 1.807) is 16.9 Å². The molecule has 18 heavy (non-hydrogen) atoms. The fourth-order valence-electron chi connectivity index (χ4n) is 1.80. The summed E-state index contributed by atoms with van der Waals surface area (Å²) in [7, 11) is 1.84. The molecule has 0 saturated heterocycles. The van der Waals surface area contributed by atoms with E-state index < -0.39 is 0 Å². The molecule has 0 aliphatic heterocycles. The van der Waals surface area contributed by atoms with Gasteiger partial charge in [0.2, 0.25) is 0 Å². The third-order valence-electron chi connectivity index (χ3n) is 2.79. The highest BCUT2D eigenvalue weighted by Crippen LogP contribution is 2.21. The second kappa shape index (κ2) is 5.02. The molecule has 0 radical (unpaired) electrons. The van der Waals surface area contributed by atoms with Gasteiger partial charge < -0.3 is 0 Å². The summed E-state index contributed by atoms with van der Waals surface area (Å²) in [6.07, 6.45) is 1.96. The molecule has 0 bridgehead atoms. The lowest BCUT2D eigenvalue weighted by molar-refractivity contribution is 0.0985. The van der Waals surface area contributed by atoms with Crippen LogP contribution in [-0.2, 0) is 13.5 Å². The van der Waals surface area contributed by atoms with Crippen molar-refractivity contribution in [1.82, 2.24) is 14.8 Å². The second-order valence-corrected chi connectivity index (χ2v) is 5.08. The van der Waals surface area contributed by atoms with Crippen LogP contribution in [-0.4, -0.2) is 20.5 Å². The van der Waals surface area contributed by atoms with Crippen LogP contribution in [0.5, 0.6) is 0 Å². The van der Waals surface area contributed by atoms with Crippen LogP contribution < -0.4 is 0 Å². The quantitative estimate of drug-likeness (QED) is 0.819. The molecular weight excluding hydrogens is 294 g/mol. The average molecular weight is 308 g/mol. The van der Waals surface area contributed by atoms with Crippen molar-refractivity contribution >= 4 is 21.7 Å². The average Bonchev–Trinajstić information content (AvgIpc) is 2.56. The van der Waals surface area contributed by atoms with Crippen LogP contribution in [0.3, 0.4) is 0 Å². The molecule has 2 aromatic heterocycles. The first-order valence-electron chi connectivity index (χ1n) is 5.63. The molecule has 2 heterocycles. The number of Topliss-reactive ketones (excluding diaryl/α,β-unsaturated/α-hetero) is 1. The number of nitrogens with zero attached hydrogens (tertiary/aromatic N) is 3. The summed E-state index contributed by atoms with van der Waals surface area (Å²) in [6.45, 7) is 3.85. The van der Waals surface area contributed by atoms with Crippen molar-refractivity contribution in [2.45, 2.75) is 20.3 Å². The first-order valence-corrected chi connectivity index (χ1v) is 6.42. The van der Waals surface area contributed by atoms with Crippen molar-refractivity contribution in [3.05, 3.63) is 45.4 Å². The van der Waals surface area contributed by atoms with E-state index in [1.165, 1.54) is 0 Å². The maximum atomic E-state index is 12.2. The zero-order valence-corrected chi connectivity index (χ0v) is 12.2. The number of hydrogen-bond acceptors (Lipinski definition) is 3. The lowest BCUT2D eigenvalue weighted by Gasteiger charge is -2.03. The molecular formula is C13H14BrN3O. The molecule has 0 atom stereocenters. The summed E-state index contributed by atoms with van der Waals surface area (Å²) in [4.78, 5) is 16.3. The summed E-state index contributed by atoms with van der Waals surface area (Å²) in [5.41, 5.74) is 3.30. The smallest absolute Gasteiger partial charge is 0.187 e. The molecule has 0 aromatic carbocycles. The first kappa shape index (κ1) is 13.0. The summed E-state index contributed by atoms with van der Waals surface area (Å²) in [5.74, 6) is 0.00222. The summed E-state index contributed by atoms with van der Waals surface area (Å²) < 4.78 is 2.62. The van der Waals surface area contributed by atoms with Gasteiger partial charge in [0, 0.05) is 13.2 Å². The Labute approximate surface area is 114 Å². The SMILES string of the molecule is Cc1ccnc(C(=O)Cc2c(Br)c(C)nn2C)c1. The summed E-state index contributed by atoms with van der Waals surface area (Å²) in [6, 6.07) is 3.68. The van der Waals surface area contributed by atoms with Crippen molar-refractivity contribution in [3.63, 3.8) is 0 Å². The predicted molar refractivity (Wildman–Crippen MR) is 72.7 cm³/mol. The Bertz CT molecular complexity index is 604. The maximum absolute atomic E-state index is 12.2. The Morgan fingerprint density at radius 3 is 2.72 bits per heavy atom. The number of hydrogen-bond donors (Lipinski definition) is 0. The van der Waals surface area contributed by atoms with Crippen LogP contribution in [0.4, 0.5) is 0 Å². The predicted octanol–water partition coefficient (Wildman–Crippen LogP) is 2.62. The third-order valence-corrected chi connectivity index (χ3v) is 3.82. The zero-order chi connectivity index (χ0) is 13.3. The third kappa shape index (κ3) is 2.51. The lowest BCUT2D eigenvalue weighted by Crippen LogP contribution is -2.10. The van der Waals surface area contributed by atoms with E-state index >= 15 is 0 Å². The number of halogens is 1. The lowest BCUT2D eigenvalue weighted by atomic mass is 10.1. The van der Waals surface area contributed by atoms with Gasteiger partial charge in [-0.15, -0.1) is 0 Å². The van der Waals surface area contributed by atoms with E-state index in [9.17, 15) is 4.79 Å². The molecule has 0 amide bonds. The largest absolute Gasteiger partial charge is 0.292 e. The highest BCUT2D eigenvalue weighted by atomic mass is 79.9. The van der Waals surface area contributed by atoms with E-state index in [2.05, 4.69) is 26.0 Å². The first-order chi connectivity index (χ1) is 8.49. The van der Waals surface area contributed by atoms with Gasteiger partial charge in [-0.2, -0.15) is 5.10 Å². The van der Waals surface area contributed by atoms with Gasteiger partial charge in [0.25, 0.3) is 0 Å². The molecule has 4 nitrogen and oxygen atoms in total. The Morgan fingerprint density at radius 1 is 1.44 bits per heavy atom. The molecule has 5 heteroatoms. The monoisotopic (exact) mass is 307 g/mol. The number of carbonyl (C=O) groups is 1. The number of carbonyl (C=O) groups excluding carboxylic acids is 1. The molecule has 0 spiro atoms. The number of ketones is 1. The molecule has 2 rings (SSSR count). The van der Waals surface area contributed by atoms with Crippen LogP contribution in [0.1, 0.15) is 27.4 Å². The second-order valence-electron chi connectivity index (χ2n) is 4.29. The summed E-state index contributed by atoms with van der Waals surface area (Å²) >= 11 is 3.46. The van der Waals surface area contributed by atoms with Crippen molar-refractivity contribution in [3.8, 4) is 0 Å². The summed E-state index contributed by atoms with van der Waals surface area (Å²) in [5, 5.41) is 4.27. The van der Waals surface area contributed by atoms with E-state index in [0.717, 1.165) is 21.4 Å². The van der Waals surface area contributed by atoms with Crippen molar-refractivity contribution in [1.29, 1.82) is 0 Å². The van der Waals surface area contributed by atoms with Gasteiger partial charge in [0.1, 0.15) is 5.69 Å². The minimum Gasteiger partial charge on any atom is -0.292 e. The minimum absolute atomic E-state index is 0.00222. The van der Waals surface area contributed by atoms with Crippen molar-refractivity contribution in [2.24, 2.45) is 7.05 Å². The van der Waals surface area contributed by atoms with Gasteiger partial charge in [-0.05, 0) is 47.5 Å². The Kier molecular flexibility index (Phi) is 3.61. The molecule has 0 saturated carbocycles. The molecule has 94 valence electrons. The minimum atomic E-state index is 0.00222. The molecule has 0 aliphatic carbocycles. The molecule has 0 aliphatic rings. The van der Waals surface area contributed by atoms with E-state index in [0.29, 0.717) is 12.1 Å². The molecule has 0 N–H and O–H groups in total. The van der Waals surface area contributed by atoms with Gasteiger partial charge in [-0.25, -0.2) is 0 Å². The highest BCUT2D eigenvalue weighted by molar-refractivity contribution is 9.10. The maximum Gasteiger partial charge on any atom is 0.187 e. The standard InChI is InChI=1S/C13H14BrN3O/c1-8-4-5-15-10(6-8)12(18)7-11-13(14)9(2)16-17(11)3/h4-6H,7H2,1-3H3. The Hall–Kier alpha value is -1.49. The number of aryl methyl sites for hydroxylation is 3. The van der Waals surface area contributed by atoms with Crippen LogP contribution >= 0.6 is 15.9 Å². The van der Waals surface area contributed by atoms with Crippen LogP contribution in [0.15, 0.2) is 22.8 Å². The topological polar surface area (TPSA) is 47.8 Å². The Morgan fingerprint density at radius 2 is 2.17 bits per heavy atom. The zero-order valence-electron chi connectivity index (χ0n) is 10.6. The van der Waals surface area contributed by atoms with Crippen LogP contribution in [0, 0.1) is 13.8 Å². The molecule has 2 aromatic rings. The van der Waals surface area contributed by atoms with Gasteiger partial charge >= 0.3 is 0 Å². The normalized spacial score (nSPS) is 10.7. The number of aromatic nitrogens is 3. The fraction of sp³-hybridized carbons (Fsp3) is 0.308. The van der Waals surface area contributed by atoms with E-state index in [4.69, 9.17) is 0 Å². The molecule has 0 unspecified atom stereocenters. The van der Waals surface area contributed by atoms with Crippen LogP contribution in [0.25, 0.3) is 0 Å². The van der Waals surface area contributed by atoms with Gasteiger partial charge in [-0.3, -0.25) is 14.5 Å². The highest BCUT2D eigenvalue weighted by Gasteiger charge is 2.16. The number of pyridine rings is 1. The van der Waals surface area contributed by atoms with Gasteiger partial charge in [0.05, 0.1) is 22.3 Å². The number of rotatable bonds is 3.